The highest BCUT2D eigenvalue weighted by atomic mass is 32.1. The summed E-state index contributed by atoms with van der Waals surface area (Å²) < 4.78 is 5.85. The van der Waals surface area contributed by atoms with E-state index in [4.69, 9.17) is 4.74 Å². The first-order valence-corrected chi connectivity index (χ1v) is 8.65. The molecule has 0 aliphatic carbocycles. The zero-order chi connectivity index (χ0) is 16.6. The Labute approximate surface area is 145 Å². The lowest BCUT2D eigenvalue weighted by atomic mass is 10.3. The predicted molar refractivity (Wildman–Crippen MR) is 96.4 cm³/mol. The van der Waals surface area contributed by atoms with Crippen LogP contribution in [0.4, 0.5) is 5.69 Å². The van der Waals surface area contributed by atoms with Crippen LogP contribution in [0.5, 0.6) is 11.5 Å². The SMILES string of the molecule is O=C(C[NH2+]Cc1cccs1)Nc1ccccc1Oc1ccccc1. The van der Waals surface area contributed by atoms with Gasteiger partial charge in [0.25, 0.3) is 5.91 Å². The van der Waals surface area contributed by atoms with E-state index >= 15 is 0 Å². The van der Waals surface area contributed by atoms with E-state index in [2.05, 4.69) is 11.4 Å². The molecular formula is C19H19N2O2S+. The van der Waals surface area contributed by atoms with Gasteiger partial charge < -0.3 is 15.4 Å². The predicted octanol–water partition coefficient (Wildman–Crippen LogP) is 3.24. The molecule has 0 atom stereocenters. The van der Waals surface area contributed by atoms with Crippen LogP contribution in [0, 0.1) is 0 Å². The van der Waals surface area contributed by atoms with Crippen LogP contribution in [0.15, 0.2) is 72.1 Å². The van der Waals surface area contributed by atoms with Gasteiger partial charge >= 0.3 is 0 Å². The standard InChI is InChI=1S/C19H18N2O2S/c22-19(14-20-13-16-9-6-12-24-16)21-17-10-4-5-11-18(17)23-15-7-2-1-3-8-15/h1-12,20H,13-14H2,(H,21,22)/p+1. The third-order valence-electron chi connectivity index (χ3n) is 3.39. The number of benzene rings is 2. The Morgan fingerprint density at radius 3 is 2.58 bits per heavy atom. The average Bonchev–Trinajstić information content (AvgIpc) is 3.11. The molecule has 0 spiro atoms. The summed E-state index contributed by atoms with van der Waals surface area (Å²) in [4.78, 5) is 13.4. The Hall–Kier alpha value is -2.63. The maximum absolute atomic E-state index is 12.2. The summed E-state index contributed by atoms with van der Waals surface area (Å²) in [5.74, 6) is 1.33. The largest absolute Gasteiger partial charge is 0.455 e. The number of thiophene rings is 1. The molecule has 3 rings (SSSR count). The average molecular weight is 339 g/mol. The molecule has 1 amide bonds. The smallest absolute Gasteiger partial charge is 0.279 e. The topological polar surface area (TPSA) is 54.9 Å². The van der Waals surface area contributed by atoms with Gasteiger partial charge in [-0.3, -0.25) is 4.79 Å². The van der Waals surface area contributed by atoms with E-state index < -0.39 is 0 Å². The van der Waals surface area contributed by atoms with Crippen LogP contribution in [-0.4, -0.2) is 12.5 Å². The molecule has 0 aliphatic rings. The molecular weight excluding hydrogens is 320 g/mol. The Balaban J connectivity index is 1.57. The molecule has 3 aromatic rings. The van der Waals surface area contributed by atoms with Crippen molar-refractivity contribution >= 4 is 22.9 Å². The third kappa shape index (κ3) is 4.68. The van der Waals surface area contributed by atoms with Crippen LogP contribution in [0.2, 0.25) is 0 Å². The lowest BCUT2D eigenvalue weighted by Crippen LogP contribution is -2.84. The van der Waals surface area contributed by atoms with Gasteiger partial charge in [-0.15, -0.1) is 11.3 Å². The highest BCUT2D eigenvalue weighted by molar-refractivity contribution is 7.09. The van der Waals surface area contributed by atoms with Crippen molar-refractivity contribution in [3.05, 3.63) is 77.0 Å². The Bertz CT molecular complexity index is 773. The lowest BCUT2D eigenvalue weighted by Gasteiger charge is -2.11. The molecule has 1 heterocycles. The molecule has 122 valence electrons. The summed E-state index contributed by atoms with van der Waals surface area (Å²) in [7, 11) is 0. The number of carbonyl (C=O) groups is 1. The van der Waals surface area contributed by atoms with Crippen molar-refractivity contribution in [3.63, 3.8) is 0 Å². The van der Waals surface area contributed by atoms with Gasteiger partial charge in [-0.2, -0.15) is 0 Å². The van der Waals surface area contributed by atoms with Gasteiger partial charge in [0.1, 0.15) is 12.3 Å². The first kappa shape index (κ1) is 16.2. The number of carbonyl (C=O) groups excluding carboxylic acids is 1. The molecule has 2 aromatic carbocycles. The normalized spacial score (nSPS) is 10.3. The molecule has 0 saturated heterocycles. The Morgan fingerprint density at radius 2 is 1.79 bits per heavy atom. The number of nitrogens with one attached hydrogen (secondary N) is 1. The van der Waals surface area contributed by atoms with Crippen LogP contribution in [0.25, 0.3) is 0 Å². The highest BCUT2D eigenvalue weighted by Gasteiger charge is 2.10. The molecule has 3 N–H and O–H groups in total. The van der Waals surface area contributed by atoms with Crippen LogP contribution in [0.1, 0.15) is 4.88 Å². The molecule has 1 aromatic heterocycles. The van der Waals surface area contributed by atoms with Crippen molar-refractivity contribution in [1.82, 2.24) is 0 Å². The first-order chi connectivity index (χ1) is 11.8. The van der Waals surface area contributed by atoms with Crippen molar-refractivity contribution in [3.8, 4) is 11.5 Å². The van der Waals surface area contributed by atoms with Gasteiger partial charge in [0.2, 0.25) is 0 Å². The molecule has 4 nitrogen and oxygen atoms in total. The molecule has 0 unspecified atom stereocenters. The van der Waals surface area contributed by atoms with Crippen molar-refractivity contribution in [2.75, 3.05) is 11.9 Å². The summed E-state index contributed by atoms with van der Waals surface area (Å²) in [6, 6.07) is 21.1. The summed E-state index contributed by atoms with van der Waals surface area (Å²) >= 11 is 1.70. The number of nitrogens with two attached hydrogens (primary N) is 1. The van der Waals surface area contributed by atoms with E-state index in [0.29, 0.717) is 18.0 Å². The molecule has 0 fully saturated rings. The van der Waals surface area contributed by atoms with E-state index in [1.807, 2.05) is 71.4 Å². The molecule has 24 heavy (non-hydrogen) atoms. The van der Waals surface area contributed by atoms with Gasteiger partial charge in [0.15, 0.2) is 12.3 Å². The van der Waals surface area contributed by atoms with E-state index in [1.165, 1.54) is 4.88 Å². The fraction of sp³-hybridized carbons (Fsp3) is 0.105. The monoisotopic (exact) mass is 339 g/mol. The number of ether oxygens (including phenoxy) is 1. The van der Waals surface area contributed by atoms with Crippen LogP contribution in [0.3, 0.4) is 0 Å². The second kappa shape index (κ2) is 8.29. The second-order valence-corrected chi connectivity index (χ2v) is 6.27. The number of amides is 1. The molecule has 0 bridgehead atoms. The zero-order valence-corrected chi connectivity index (χ0v) is 14.0. The van der Waals surface area contributed by atoms with Crippen LogP contribution in [-0.2, 0) is 11.3 Å². The number of para-hydroxylation sites is 3. The van der Waals surface area contributed by atoms with E-state index in [1.54, 1.807) is 11.3 Å². The number of rotatable bonds is 7. The highest BCUT2D eigenvalue weighted by Crippen LogP contribution is 2.28. The van der Waals surface area contributed by atoms with Crippen molar-refractivity contribution in [1.29, 1.82) is 0 Å². The lowest BCUT2D eigenvalue weighted by molar-refractivity contribution is -0.659. The van der Waals surface area contributed by atoms with Crippen LogP contribution >= 0.6 is 11.3 Å². The number of hydrogen-bond acceptors (Lipinski definition) is 3. The third-order valence-corrected chi connectivity index (χ3v) is 4.29. The van der Waals surface area contributed by atoms with E-state index in [-0.39, 0.29) is 5.91 Å². The van der Waals surface area contributed by atoms with Gasteiger partial charge in [0.05, 0.1) is 10.6 Å². The molecule has 0 radical (unpaired) electrons. The second-order valence-electron chi connectivity index (χ2n) is 5.24. The summed E-state index contributed by atoms with van der Waals surface area (Å²) in [6.07, 6.45) is 0. The Kier molecular flexibility index (Phi) is 5.61. The number of quaternary nitrogens is 1. The van der Waals surface area contributed by atoms with Crippen molar-refractivity contribution < 1.29 is 14.8 Å². The number of hydrogen-bond donors (Lipinski definition) is 2. The minimum absolute atomic E-state index is 0.0457. The van der Waals surface area contributed by atoms with Crippen LogP contribution < -0.4 is 15.4 Å². The summed E-state index contributed by atoms with van der Waals surface area (Å²) in [6.45, 7) is 1.19. The molecule has 0 aliphatic heterocycles. The first-order valence-electron chi connectivity index (χ1n) is 7.77. The van der Waals surface area contributed by atoms with Crippen molar-refractivity contribution in [2.24, 2.45) is 0 Å². The van der Waals surface area contributed by atoms with E-state index in [9.17, 15) is 4.79 Å². The maximum Gasteiger partial charge on any atom is 0.279 e. The number of anilines is 1. The van der Waals surface area contributed by atoms with Gasteiger partial charge in [-0.05, 0) is 35.7 Å². The quantitative estimate of drug-likeness (QED) is 0.694. The molecule has 5 heteroatoms. The van der Waals surface area contributed by atoms with Gasteiger partial charge in [0, 0.05) is 0 Å². The van der Waals surface area contributed by atoms with Crippen molar-refractivity contribution in [2.45, 2.75) is 6.54 Å². The van der Waals surface area contributed by atoms with E-state index in [0.717, 1.165) is 12.3 Å². The molecule has 0 saturated carbocycles. The maximum atomic E-state index is 12.2. The van der Waals surface area contributed by atoms with Gasteiger partial charge in [-0.1, -0.05) is 36.4 Å². The summed E-state index contributed by atoms with van der Waals surface area (Å²) in [5, 5.41) is 6.95. The fourth-order valence-electron chi connectivity index (χ4n) is 2.25. The zero-order valence-electron chi connectivity index (χ0n) is 13.1. The minimum Gasteiger partial charge on any atom is -0.455 e. The minimum atomic E-state index is -0.0457. The summed E-state index contributed by atoms with van der Waals surface area (Å²) in [5.41, 5.74) is 0.677. The fourth-order valence-corrected chi connectivity index (χ4v) is 2.95. The Morgan fingerprint density at radius 1 is 1.00 bits per heavy atom. The van der Waals surface area contributed by atoms with Gasteiger partial charge in [-0.25, -0.2) is 0 Å².